The summed E-state index contributed by atoms with van der Waals surface area (Å²) in [5.41, 5.74) is 0. The fourth-order valence-corrected chi connectivity index (χ4v) is 18.3. The standard InChI is InChI=1S/C64H130N6OS4/c1-52(2)27-25-29-54(5)60(72-45-41-67(7)8)37-35-57-32-31-56(49-62(57)74-47-43-69(11)12)51-65-39-23-21-19-17-15-16-18-20-22-24-40-66-64(71)59-34-33-58(63(50-59)75-48-44-70(13)14)36-38-61(73-46-42-68(9)10)55(6)30-26-28-53(3)4/h52-63,65H,15-51H2,1-14H3,(H,66,71). The molecule has 75 heavy (non-hydrogen) atoms. The number of hydrogen-bond acceptors (Lipinski definition) is 10. The van der Waals surface area contributed by atoms with Crippen molar-refractivity contribution in [1.29, 1.82) is 0 Å². The minimum absolute atomic E-state index is 0.197. The summed E-state index contributed by atoms with van der Waals surface area (Å²) in [5, 5.41) is 10.4. The summed E-state index contributed by atoms with van der Waals surface area (Å²) < 4.78 is 0. The zero-order valence-electron chi connectivity index (χ0n) is 52.4. The highest BCUT2D eigenvalue weighted by atomic mass is 32.2. The molecule has 2 saturated carbocycles. The number of carbonyl (C=O) groups is 1. The molecule has 0 aromatic heterocycles. The van der Waals surface area contributed by atoms with Crippen molar-refractivity contribution in [2.75, 3.05) is 125 Å². The number of nitrogens with one attached hydrogen (secondary N) is 2. The van der Waals surface area contributed by atoms with Crippen LogP contribution in [0.2, 0.25) is 0 Å². The van der Waals surface area contributed by atoms with Crippen molar-refractivity contribution in [3.05, 3.63) is 0 Å². The fourth-order valence-electron chi connectivity index (χ4n) is 11.8. The topological polar surface area (TPSA) is 54.1 Å². The molecule has 10 unspecified atom stereocenters. The Morgan fingerprint density at radius 2 is 0.880 bits per heavy atom. The maximum absolute atomic E-state index is 13.6. The molecule has 2 rings (SSSR count). The number of carbonyl (C=O) groups excluding carboxylic acids is 1. The Balaban J connectivity index is 1.64. The van der Waals surface area contributed by atoms with Crippen LogP contribution < -0.4 is 10.6 Å². The van der Waals surface area contributed by atoms with Gasteiger partial charge in [-0.25, -0.2) is 0 Å². The SMILES string of the molecule is CC(C)CCCC(C)C(CCC1CCC(CNCCCCCCCCCCCCNC(=O)C2CCC(CCC(SCCN(C)C)C(C)CCCC(C)C)C(SCCN(C)C)C2)CC1SCCN(C)C)SCCN(C)C. The van der Waals surface area contributed by atoms with E-state index in [2.05, 4.69) is 175 Å². The van der Waals surface area contributed by atoms with Crippen LogP contribution in [-0.2, 0) is 4.79 Å². The Kier molecular flexibility index (Phi) is 43.3. The van der Waals surface area contributed by atoms with Crippen LogP contribution in [0.15, 0.2) is 0 Å². The van der Waals surface area contributed by atoms with Crippen LogP contribution in [0.1, 0.15) is 208 Å². The molecule has 2 N–H and O–H groups in total. The molecule has 11 heteroatoms. The summed E-state index contributed by atoms with van der Waals surface area (Å²) in [6.07, 6.45) is 34.7. The lowest BCUT2D eigenvalue weighted by atomic mass is 9.78. The van der Waals surface area contributed by atoms with Gasteiger partial charge in [0.2, 0.25) is 5.91 Å². The van der Waals surface area contributed by atoms with Crippen LogP contribution in [0.25, 0.3) is 0 Å². The van der Waals surface area contributed by atoms with E-state index in [4.69, 9.17) is 0 Å². The molecule has 0 aromatic rings. The molecule has 2 fully saturated rings. The Hall–Kier alpha value is 0.670. The van der Waals surface area contributed by atoms with Crippen molar-refractivity contribution in [2.45, 2.75) is 229 Å². The van der Waals surface area contributed by atoms with Crippen LogP contribution in [0.3, 0.4) is 0 Å². The van der Waals surface area contributed by atoms with E-state index in [9.17, 15) is 4.79 Å². The van der Waals surface area contributed by atoms with Crippen molar-refractivity contribution in [1.82, 2.24) is 30.2 Å². The summed E-state index contributed by atoms with van der Waals surface area (Å²) in [6, 6.07) is 0. The zero-order valence-corrected chi connectivity index (χ0v) is 55.7. The molecule has 1 amide bonds. The fraction of sp³-hybridized carbons (Fsp3) is 0.984. The quantitative estimate of drug-likeness (QED) is 0.0576. The maximum Gasteiger partial charge on any atom is 0.223 e. The van der Waals surface area contributed by atoms with Crippen molar-refractivity contribution in [2.24, 2.45) is 47.3 Å². The van der Waals surface area contributed by atoms with Crippen molar-refractivity contribution >= 4 is 53.0 Å². The Labute approximate surface area is 487 Å². The molecule has 0 heterocycles. The van der Waals surface area contributed by atoms with Gasteiger partial charge in [0.1, 0.15) is 0 Å². The highest BCUT2D eigenvalue weighted by molar-refractivity contribution is 8.00. The smallest absolute Gasteiger partial charge is 0.223 e. The monoisotopic (exact) mass is 1130 g/mol. The molecule has 10 atom stereocenters. The number of hydrogen-bond donors (Lipinski definition) is 2. The second-order valence-electron chi connectivity index (χ2n) is 26.3. The van der Waals surface area contributed by atoms with Crippen LogP contribution in [0.5, 0.6) is 0 Å². The number of thioether (sulfide) groups is 4. The lowest BCUT2D eigenvalue weighted by molar-refractivity contribution is -0.126. The lowest BCUT2D eigenvalue weighted by Crippen LogP contribution is -2.38. The van der Waals surface area contributed by atoms with Crippen molar-refractivity contribution in [3.8, 4) is 0 Å². The first kappa shape index (κ1) is 71.8. The van der Waals surface area contributed by atoms with E-state index in [1.165, 1.54) is 203 Å². The third-order valence-corrected chi connectivity index (χ3v) is 23.1. The molecular formula is C64H130N6OS4. The molecule has 0 radical (unpaired) electrons. The van der Waals surface area contributed by atoms with E-state index >= 15 is 0 Å². The third kappa shape index (κ3) is 37.4. The molecular weight excluding hydrogens is 997 g/mol. The van der Waals surface area contributed by atoms with E-state index in [0.717, 1.165) is 89.5 Å². The minimum Gasteiger partial charge on any atom is -0.356 e. The van der Waals surface area contributed by atoms with Gasteiger partial charge < -0.3 is 30.2 Å². The Morgan fingerprint density at radius 1 is 0.467 bits per heavy atom. The van der Waals surface area contributed by atoms with Crippen molar-refractivity contribution in [3.63, 3.8) is 0 Å². The van der Waals surface area contributed by atoms with Crippen LogP contribution >= 0.6 is 47.0 Å². The van der Waals surface area contributed by atoms with E-state index in [1.807, 2.05) is 0 Å². The maximum atomic E-state index is 13.6. The first-order valence-corrected chi connectivity index (χ1v) is 36.2. The summed E-state index contributed by atoms with van der Waals surface area (Å²) in [6.45, 7) is 22.6. The summed E-state index contributed by atoms with van der Waals surface area (Å²) in [7, 11) is 17.7. The number of nitrogens with zero attached hydrogens (tertiary/aromatic N) is 4. The molecule has 0 aromatic carbocycles. The molecule has 0 saturated heterocycles. The van der Waals surface area contributed by atoms with E-state index in [-0.39, 0.29) is 5.92 Å². The van der Waals surface area contributed by atoms with Gasteiger partial charge in [-0.1, -0.05) is 119 Å². The highest BCUT2D eigenvalue weighted by Gasteiger charge is 2.35. The average molecular weight is 1130 g/mol. The summed E-state index contributed by atoms with van der Waals surface area (Å²) in [5.74, 6) is 11.2. The first-order chi connectivity index (χ1) is 35.9. The van der Waals surface area contributed by atoms with Crippen LogP contribution in [0.4, 0.5) is 0 Å². The molecule has 0 bridgehead atoms. The second-order valence-corrected chi connectivity index (χ2v) is 31.7. The van der Waals surface area contributed by atoms with Gasteiger partial charge in [-0.05, 0) is 201 Å². The number of unbranched alkanes of at least 4 members (excludes halogenated alkanes) is 9. The highest BCUT2D eigenvalue weighted by Crippen LogP contribution is 2.43. The van der Waals surface area contributed by atoms with E-state index in [0.29, 0.717) is 11.2 Å². The third-order valence-electron chi connectivity index (χ3n) is 17.1. The van der Waals surface area contributed by atoms with Gasteiger partial charge in [0.05, 0.1) is 0 Å². The predicted molar refractivity (Wildman–Crippen MR) is 347 cm³/mol. The molecule has 2 aliphatic rings. The Morgan fingerprint density at radius 3 is 1.33 bits per heavy atom. The van der Waals surface area contributed by atoms with Gasteiger partial charge >= 0.3 is 0 Å². The predicted octanol–water partition coefficient (Wildman–Crippen LogP) is 15.6. The second kappa shape index (κ2) is 45.2. The van der Waals surface area contributed by atoms with Gasteiger partial charge in [-0.15, -0.1) is 0 Å². The van der Waals surface area contributed by atoms with Crippen LogP contribution in [0, 0.1) is 47.3 Å². The number of amides is 1. The minimum atomic E-state index is 0.197. The van der Waals surface area contributed by atoms with Gasteiger partial charge in [0.15, 0.2) is 0 Å². The van der Waals surface area contributed by atoms with Gasteiger partial charge in [-0.2, -0.15) is 47.0 Å². The molecule has 0 aliphatic heterocycles. The normalized spacial score (nSPS) is 22.3. The zero-order chi connectivity index (χ0) is 55.2. The van der Waals surface area contributed by atoms with Crippen LogP contribution in [-0.4, -0.2) is 172 Å². The van der Waals surface area contributed by atoms with Crippen molar-refractivity contribution < 1.29 is 4.79 Å². The largest absolute Gasteiger partial charge is 0.356 e. The van der Waals surface area contributed by atoms with Gasteiger partial charge in [0, 0.05) is 82.7 Å². The molecule has 7 nitrogen and oxygen atoms in total. The molecule has 446 valence electrons. The molecule has 0 spiro atoms. The lowest BCUT2D eigenvalue weighted by Gasteiger charge is -2.37. The van der Waals surface area contributed by atoms with E-state index < -0.39 is 0 Å². The van der Waals surface area contributed by atoms with Gasteiger partial charge in [0.25, 0.3) is 0 Å². The number of rotatable bonds is 48. The molecule has 2 aliphatic carbocycles. The average Bonchev–Trinajstić information content (AvgIpc) is 3.34. The summed E-state index contributed by atoms with van der Waals surface area (Å²) in [4.78, 5) is 22.9. The first-order valence-electron chi connectivity index (χ1n) is 32.0. The van der Waals surface area contributed by atoms with E-state index in [1.54, 1.807) is 0 Å². The summed E-state index contributed by atoms with van der Waals surface area (Å²) >= 11 is 9.02. The Bertz CT molecular complexity index is 1320. The van der Waals surface area contributed by atoms with Gasteiger partial charge in [-0.3, -0.25) is 4.79 Å².